The molecule has 0 bridgehead atoms. The molecule has 0 spiro atoms. The Balaban J connectivity index is 5.33. The molecule has 0 aliphatic carbocycles. The minimum absolute atomic E-state index is 0.0377. The molecule has 0 aromatic heterocycles. The van der Waals surface area contributed by atoms with Crippen LogP contribution < -0.4 is 10.2 Å². The van der Waals surface area contributed by atoms with Gasteiger partial charge in [-0.1, -0.05) is 227 Å². The van der Waals surface area contributed by atoms with Crippen LogP contribution in [0.2, 0.25) is 0 Å². The molecular formula is C67H117N2O7P. The molecule has 0 aromatic rings. The number of carbonyl (C=O) groups is 2. The Hall–Kier alpha value is -3.33. The smallest absolute Gasteiger partial charge is 0.306 e. The van der Waals surface area contributed by atoms with E-state index in [2.05, 4.69) is 123 Å². The van der Waals surface area contributed by atoms with Crippen molar-refractivity contribution in [1.82, 2.24) is 5.32 Å². The summed E-state index contributed by atoms with van der Waals surface area (Å²) in [6.45, 7) is 6.73. The van der Waals surface area contributed by atoms with Gasteiger partial charge in [-0.05, 0) is 122 Å². The minimum atomic E-state index is -4.72. The molecule has 10 heteroatoms. The monoisotopic (exact) mass is 1090 g/mol. The van der Waals surface area contributed by atoms with E-state index in [0.29, 0.717) is 23.9 Å². The molecule has 0 rings (SSSR count). The number of likely N-dealkylation sites (N-methyl/N-ethyl adjacent to an activating group) is 1. The van der Waals surface area contributed by atoms with E-state index in [1.807, 2.05) is 33.3 Å². The molecule has 3 atom stereocenters. The molecular weight excluding hydrogens is 976 g/mol. The molecule has 3 unspecified atom stereocenters. The molecule has 0 heterocycles. The van der Waals surface area contributed by atoms with Crippen molar-refractivity contribution >= 4 is 19.7 Å². The van der Waals surface area contributed by atoms with Crippen LogP contribution in [-0.2, 0) is 27.9 Å². The fourth-order valence-electron chi connectivity index (χ4n) is 8.31. The lowest BCUT2D eigenvalue weighted by molar-refractivity contribution is -0.870. The van der Waals surface area contributed by atoms with Crippen molar-refractivity contribution < 1.29 is 37.3 Å². The molecule has 0 saturated heterocycles. The Bertz CT molecular complexity index is 1690. The molecule has 1 amide bonds. The van der Waals surface area contributed by atoms with Crippen molar-refractivity contribution in [2.45, 2.75) is 264 Å². The highest BCUT2D eigenvalue weighted by molar-refractivity contribution is 7.45. The maximum atomic E-state index is 13.5. The average molecular weight is 1090 g/mol. The number of phosphoric acid groups is 1. The van der Waals surface area contributed by atoms with Gasteiger partial charge in [0.25, 0.3) is 7.82 Å². The van der Waals surface area contributed by atoms with Crippen molar-refractivity contribution in [2.24, 2.45) is 0 Å². The molecule has 9 nitrogen and oxygen atoms in total. The molecule has 77 heavy (non-hydrogen) atoms. The van der Waals surface area contributed by atoms with Crippen molar-refractivity contribution in [1.29, 1.82) is 0 Å². The predicted molar refractivity (Wildman–Crippen MR) is 330 cm³/mol. The van der Waals surface area contributed by atoms with Gasteiger partial charge in [-0.2, -0.15) is 0 Å². The fraction of sp³-hybridized carbons (Fsp3) is 0.701. The van der Waals surface area contributed by atoms with E-state index in [4.69, 9.17) is 13.8 Å². The van der Waals surface area contributed by atoms with Gasteiger partial charge in [-0.25, -0.2) is 0 Å². The summed E-state index contributed by atoms with van der Waals surface area (Å²) in [4.78, 5) is 40.0. The highest BCUT2D eigenvalue weighted by Gasteiger charge is 2.27. The van der Waals surface area contributed by atoms with Crippen LogP contribution in [0.4, 0.5) is 0 Å². The summed E-state index contributed by atoms with van der Waals surface area (Å²) in [5.74, 6) is -0.605. The number of quaternary nitrogens is 1. The van der Waals surface area contributed by atoms with Crippen molar-refractivity contribution in [3.8, 4) is 0 Å². The number of amides is 1. The van der Waals surface area contributed by atoms with Crippen LogP contribution in [0.25, 0.3) is 0 Å². The number of allylic oxidation sites excluding steroid dienone is 17. The Morgan fingerprint density at radius 2 is 0.792 bits per heavy atom. The predicted octanol–water partition coefficient (Wildman–Crippen LogP) is 18.7. The number of carbonyl (C=O) groups excluding carboxylic acids is 2. The Labute approximate surface area is 474 Å². The second-order valence-corrected chi connectivity index (χ2v) is 23.3. The molecule has 0 saturated carbocycles. The maximum absolute atomic E-state index is 13.5. The van der Waals surface area contributed by atoms with Gasteiger partial charge in [0.1, 0.15) is 19.3 Å². The zero-order chi connectivity index (χ0) is 56.4. The molecule has 0 aliphatic heterocycles. The zero-order valence-corrected chi connectivity index (χ0v) is 51.3. The third-order valence-corrected chi connectivity index (χ3v) is 14.1. The number of unbranched alkanes of at least 4 members (excludes halogenated alkanes) is 23. The lowest BCUT2D eigenvalue weighted by atomic mass is 10.1. The van der Waals surface area contributed by atoms with Gasteiger partial charge >= 0.3 is 5.97 Å². The first-order valence-electron chi connectivity index (χ1n) is 31.2. The largest absolute Gasteiger partial charge is 0.756 e. The van der Waals surface area contributed by atoms with Gasteiger partial charge in [-0.3, -0.25) is 14.2 Å². The van der Waals surface area contributed by atoms with Crippen LogP contribution in [0.5, 0.6) is 0 Å². The summed E-state index contributed by atoms with van der Waals surface area (Å²) in [6.07, 6.45) is 76.2. The third-order valence-electron chi connectivity index (χ3n) is 13.2. The van der Waals surface area contributed by atoms with Gasteiger partial charge in [0, 0.05) is 12.8 Å². The quantitative estimate of drug-likeness (QED) is 0.0212. The second kappa shape index (κ2) is 56.0. The number of hydrogen-bond acceptors (Lipinski definition) is 7. The van der Waals surface area contributed by atoms with E-state index in [-0.39, 0.29) is 31.3 Å². The zero-order valence-electron chi connectivity index (χ0n) is 50.4. The van der Waals surface area contributed by atoms with Gasteiger partial charge in [0.2, 0.25) is 5.91 Å². The molecule has 0 aliphatic rings. The third kappa shape index (κ3) is 57.2. The summed E-state index contributed by atoms with van der Waals surface area (Å²) in [6, 6.07) is -0.920. The summed E-state index contributed by atoms with van der Waals surface area (Å²) < 4.78 is 30.3. The highest BCUT2D eigenvalue weighted by Crippen LogP contribution is 2.38. The molecule has 1 N–H and O–H groups in total. The van der Waals surface area contributed by atoms with Crippen LogP contribution in [0.15, 0.2) is 109 Å². The normalized spacial score (nSPS) is 14.4. The van der Waals surface area contributed by atoms with Crippen molar-refractivity contribution in [3.63, 3.8) is 0 Å². The first kappa shape index (κ1) is 73.7. The number of ether oxygens (including phenoxy) is 1. The summed E-state index contributed by atoms with van der Waals surface area (Å²) in [5, 5.41) is 3.00. The van der Waals surface area contributed by atoms with Gasteiger partial charge in [0.05, 0.1) is 33.8 Å². The summed E-state index contributed by atoms with van der Waals surface area (Å²) >= 11 is 0. The first-order valence-corrected chi connectivity index (χ1v) is 32.7. The molecule has 442 valence electrons. The number of rotatable bonds is 55. The second-order valence-electron chi connectivity index (χ2n) is 21.8. The number of phosphoric ester groups is 1. The Morgan fingerprint density at radius 3 is 1.22 bits per heavy atom. The number of nitrogens with one attached hydrogen (secondary N) is 1. The maximum Gasteiger partial charge on any atom is 0.306 e. The lowest BCUT2D eigenvalue weighted by Gasteiger charge is -2.30. The minimum Gasteiger partial charge on any atom is -0.756 e. The average Bonchev–Trinajstić information content (AvgIpc) is 3.39. The van der Waals surface area contributed by atoms with E-state index in [1.54, 1.807) is 0 Å². The summed E-state index contributed by atoms with van der Waals surface area (Å²) in [7, 11) is 1.14. The standard InChI is InChI=1S/C67H117N2O7P/c1-7-10-13-16-19-22-25-27-29-31-33-34-36-38-40-42-45-48-51-54-57-60-67(71)76-65(58-55-52-49-46-43-24-21-18-15-12-9-3)64(63-75-77(72,73)74-62-61-69(4,5)6)68-66(70)59-56-53-50-47-44-41-39-37-35-32-30-28-26-23-20-17-14-11-8-2/h19-20,22-23,27-30,33-35,37-38,40-41,44,55,58,64-65H,7-18,21,24-26,31-32,36,39,42-43,45-54,56-57,59-63H2,1-6H3,(H-,68,70,72,73)/b22-19-,23-20-,29-27-,30-28-,34-33-,37-35-,40-38-,44-41-,58-55+. The van der Waals surface area contributed by atoms with Gasteiger partial charge in [0.15, 0.2) is 0 Å². The first-order chi connectivity index (χ1) is 37.4. The molecule has 0 aromatic carbocycles. The number of hydrogen-bond donors (Lipinski definition) is 1. The van der Waals surface area contributed by atoms with Crippen molar-refractivity contribution in [3.05, 3.63) is 109 Å². The molecule has 0 radical (unpaired) electrons. The Morgan fingerprint density at radius 1 is 0.455 bits per heavy atom. The fourth-order valence-corrected chi connectivity index (χ4v) is 9.03. The van der Waals surface area contributed by atoms with E-state index >= 15 is 0 Å². The van der Waals surface area contributed by atoms with E-state index in [0.717, 1.165) is 109 Å². The topological polar surface area (TPSA) is 114 Å². The summed E-state index contributed by atoms with van der Waals surface area (Å²) in [5.41, 5.74) is 0. The molecule has 0 fully saturated rings. The number of nitrogens with zero attached hydrogens (tertiary/aromatic N) is 1. The Kier molecular flexibility index (Phi) is 53.5. The van der Waals surface area contributed by atoms with Crippen LogP contribution >= 0.6 is 7.82 Å². The van der Waals surface area contributed by atoms with Gasteiger partial charge in [-0.15, -0.1) is 0 Å². The van der Waals surface area contributed by atoms with Crippen LogP contribution in [0.3, 0.4) is 0 Å². The van der Waals surface area contributed by atoms with Crippen LogP contribution in [0.1, 0.15) is 252 Å². The van der Waals surface area contributed by atoms with Crippen molar-refractivity contribution in [2.75, 3.05) is 40.9 Å². The van der Waals surface area contributed by atoms with E-state index in [9.17, 15) is 19.0 Å². The van der Waals surface area contributed by atoms with E-state index in [1.165, 1.54) is 96.3 Å². The van der Waals surface area contributed by atoms with Gasteiger partial charge < -0.3 is 28.5 Å². The highest BCUT2D eigenvalue weighted by atomic mass is 31.2. The lowest BCUT2D eigenvalue weighted by Crippen LogP contribution is -2.47. The SMILES string of the molecule is CCCCC/C=C\C/C=C\C/C=C\C/C=C\CCCCCCCC(=O)OC(/C=C/CCCCCCCCCCC)C(COP(=O)([O-])OCC[N+](C)(C)C)NC(=O)CCCCC/C=C\C/C=C\C/C=C\C/C=C\CCCCC. The number of esters is 1. The van der Waals surface area contributed by atoms with Crippen LogP contribution in [0, 0.1) is 0 Å². The van der Waals surface area contributed by atoms with Crippen LogP contribution in [-0.4, -0.2) is 69.4 Å². The van der Waals surface area contributed by atoms with E-state index < -0.39 is 26.6 Å².